The van der Waals surface area contributed by atoms with Crippen LogP contribution >= 0.6 is 0 Å². The summed E-state index contributed by atoms with van der Waals surface area (Å²) >= 11 is 0. The molecular weight excluding hydrogens is 256 g/mol. The van der Waals surface area contributed by atoms with E-state index in [2.05, 4.69) is 0 Å². The van der Waals surface area contributed by atoms with Gasteiger partial charge >= 0.3 is 0 Å². The van der Waals surface area contributed by atoms with Crippen LogP contribution in [-0.2, 0) is 6.61 Å². The highest BCUT2D eigenvalue weighted by atomic mass is 16.6. The van der Waals surface area contributed by atoms with Crippen LogP contribution in [0.1, 0.15) is 11.1 Å². The molecule has 2 aromatic rings. The summed E-state index contributed by atoms with van der Waals surface area (Å²) in [6.45, 7) is 1.76. The maximum absolute atomic E-state index is 11.2. The molecule has 104 valence electrons. The minimum absolute atomic E-state index is 0.0134. The Hall–Kier alpha value is -2.40. The number of aliphatic hydroxyl groups excluding tert-OH is 1. The van der Waals surface area contributed by atoms with Crippen LogP contribution in [0.2, 0.25) is 0 Å². The van der Waals surface area contributed by atoms with E-state index in [9.17, 15) is 10.1 Å². The Morgan fingerprint density at radius 2 is 2.00 bits per heavy atom. The molecule has 0 spiro atoms. The van der Waals surface area contributed by atoms with Crippen LogP contribution in [-0.4, -0.2) is 17.1 Å². The quantitative estimate of drug-likeness (QED) is 0.685. The van der Waals surface area contributed by atoms with E-state index in [1.54, 1.807) is 24.1 Å². The Bertz CT molecular complexity index is 641. The first-order valence-electron chi connectivity index (χ1n) is 6.21. The van der Waals surface area contributed by atoms with Crippen molar-refractivity contribution in [3.05, 3.63) is 63.7 Å². The zero-order valence-corrected chi connectivity index (χ0v) is 11.4. The number of benzene rings is 2. The van der Waals surface area contributed by atoms with Gasteiger partial charge in [-0.05, 0) is 36.2 Å². The van der Waals surface area contributed by atoms with Gasteiger partial charge in [0.05, 0.1) is 11.5 Å². The first-order chi connectivity index (χ1) is 9.52. The summed E-state index contributed by atoms with van der Waals surface area (Å²) < 4.78 is 0. The lowest BCUT2D eigenvalue weighted by molar-refractivity contribution is -0.384. The summed E-state index contributed by atoms with van der Waals surface area (Å²) in [5.74, 6) is 0. The number of nitrogens with zero attached hydrogens (tertiary/aromatic N) is 2. The smallest absolute Gasteiger partial charge is 0.293 e. The molecule has 0 unspecified atom stereocenters. The van der Waals surface area contributed by atoms with Crippen molar-refractivity contribution in [1.82, 2.24) is 0 Å². The molecule has 5 heteroatoms. The molecule has 0 aliphatic carbocycles. The average Bonchev–Trinajstić information content (AvgIpc) is 2.45. The molecule has 2 rings (SSSR count). The number of hydrogen-bond donors (Lipinski definition) is 1. The van der Waals surface area contributed by atoms with Crippen LogP contribution in [0, 0.1) is 17.0 Å². The Morgan fingerprint density at radius 1 is 1.25 bits per heavy atom. The fourth-order valence-electron chi connectivity index (χ4n) is 2.07. The fourth-order valence-corrected chi connectivity index (χ4v) is 2.07. The van der Waals surface area contributed by atoms with Gasteiger partial charge < -0.3 is 10.0 Å². The molecule has 20 heavy (non-hydrogen) atoms. The molecule has 0 amide bonds. The number of aliphatic hydroxyl groups is 1. The maximum atomic E-state index is 11.2. The molecule has 2 aromatic carbocycles. The second-order valence-electron chi connectivity index (χ2n) is 4.64. The van der Waals surface area contributed by atoms with Crippen molar-refractivity contribution in [2.75, 3.05) is 11.9 Å². The molecule has 0 bridgehead atoms. The molecule has 0 heterocycles. The monoisotopic (exact) mass is 272 g/mol. The van der Waals surface area contributed by atoms with Crippen molar-refractivity contribution in [3.8, 4) is 0 Å². The molecule has 0 aliphatic heterocycles. The van der Waals surface area contributed by atoms with Gasteiger partial charge in [-0.15, -0.1) is 0 Å². The zero-order chi connectivity index (χ0) is 14.7. The number of nitro benzene ring substituents is 1. The first kappa shape index (κ1) is 14.0. The lowest BCUT2D eigenvalue weighted by Crippen LogP contribution is -2.12. The largest absolute Gasteiger partial charge is 0.392 e. The van der Waals surface area contributed by atoms with Gasteiger partial charge in [0.1, 0.15) is 5.69 Å². The van der Waals surface area contributed by atoms with Gasteiger partial charge in [0.2, 0.25) is 0 Å². The average molecular weight is 272 g/mol. The van der Waals surface area contributed by atoms with Crippen LogP contribution in [0.4, 0.5) is 17.1 Å². The second-order valence-corrected chi connectivity index (χ2v) is 4.64. The van der Waals surface area contributed by atoms with Gasteiger partial charge in [0.25, 0.3) is 5.69 Å². The molecule has 0 saturated carbocycles. The van der Waals surface area contributed by atoms with E-state index >= 15 is 0 Å². The fraction of sp³-hybridized carbons (Fsp3) is 0.200. The van der Waals surface area contributed by atoms with Gasteiger partial charge in [-0.2, -0.15) is 0 Å². The Balaban J connectivity index is 2.48. The van der Waals surface area contributed by atoms with Gasteiger partial charge in [0.15, 0.2) is 0 Å². The Labute approximate surface area is 117 Å². The van der Waals surface area contributed by atoms with E-state index in [0.717, 1.165) is 11.3 Å². The van der Waals surface area contributed by atoms with Crippen molar-refractivity contribution >= 4 is 17.1 Å². The highest BCUT2D eigenvalue weighted by Crippen LogP contribution is 2.33. The predicted octanol–water partition coefficient (Wildman–Crippen LogP) is 3.16. The summed E-state index contributed by atoms with van der Waals surface area (Å²) in [5.41, 5.74) is 2.98. The van der Waals surface area contributed by atoms with E-state index in [1.165, 1.54) is 6.07 Å². The van der Waals surface area contributed by atoms with Crippen molar-refractivity contribution in [2.45, 2.75) is 13.5 Å². The first-order valence-corrected chi connectivity index (χ1v) is 6.21. The zero-order valence-electron chi connectivity index (χ0n) is 11.4. The van der Waals surface area contributed by atoms with E-state index in [-0.39, 0.29) is 12.3 Å². The minimum Gasteiger partial charge on any atom is -0.392 e. The van der Waals surface area contributed by atoms with Gasteiger partial charge in [-0.1, -0.05) is 18.2 Å². The van der Waals surface area contributed by atoms with E-state index in [0.29, 0.717) is 11.3 Å². The topological polar surface area (TPSA) is 66.6 Å². The lowest BCUT2D eigenvalue weighted by atomic mass is 10.1. The Kier molecular flexibility index (Phi) is 4.00. The van der Waals surface area contributed by atoms with Gasteiger partial charge in [-0.3, -0.25) is 10.1 Å². The van der Waals surface area contributed by atoms with Gasteiger partial charge in [0, 0.05) is 18.8 Å². The van der Waals surface area contributed by atoms with Crippen molar-refractivity contribution in [2.24, 2.45) is 0 Å². The summed E-state index contributed by atoms with van der Waals surface area (Å²) in [5, 5.41) is 20.3. The number of rotatable bonds is 4. The minimum atomic E-state index is -0.430. The highest BCUT2D eigenvalue weighted by Gasteiger charge is 2.18. The van der Waals surface area contributed by atoms with Crippen molar-refractivity contribution in [1.29, 1.82) is 0 Å². The predicted molar refractivity (Wildman–Crippen MR) is 78.3 cm³/mol. The van der Waals surface area contributed by atoms with Crippen LogP contribution in [0.5, 0.6) is 0 Å². The summed E-state index contributed by atoms with van der Waals surface area (Å²) in [6.07, 6.45) is 0. The standard InChI is InChI=1S/C15H16N2O3/c1-11-4-3-5-13(8-11)16(2)14-7-6-12(10-18)9-15(14)17(19)20/h3-9,18H,10H2,1-2H3. The van der Waals surface area contributed by atoms with Crippen LogP contribution < -0.4 is 4.90 Å². The number of hydrogen-bond acceptors (Lipinski definition) is 4. The summed E-state index contributed by atoms with van der Waals surface area (Å²) in [7, 11) is 1.79. The second kappa shape index (κ2) is 5.71. The highest BCUT2D eigenvalue weighted by molar-refractivity contribution is 5.72. The van der Waals surface area contributed by atoms with Crippen LogP contribution in [0.3, 0.4) is 0 Å². The molecular formula is C15H16N2O3. The molecule has 5 nitrogen and oxygen atoms in total. The summed E-state index contributed by atoms with van der Waals surface area (Å²) in [6, 6.07) is 12.5. The molecule has 0 atom stereocenters. The molecule has 0 fully saturated rings. The summed E-state index contributed by atoms with van der Waals surface area (Å²) in [4.78, 5) is 12.5. The molecule has 0 radical (unpaired) electrons. The number of nitro groups is 1. The SMILES string of the molecule is Cc1cccc(N(C)c2ccc(CO)cc2[N+](=O)[O-])c1. The van der Waals surface area contributed by atoms with E-state index < -0.39 is 4.92 Å². The number of anilines is 2. The third-order valence-corrected chi connectivity index (χ3v) is 3.17. The molecule has 1 N–H and O–H groups in total. The third-order valence-electron chi connectivity index (χ3n) is 3.17. The van der Waals surface area contributed by atoms with Crippen molar-refractivity contribution in [3.63, 3.8) is 0 Å². The normalized spacial score (nSPS) is 10.3. The molecule has 0 aliphatic rings. The lowest BCUT2D eigenvalue weighted by Gasteiger charge is -2.20. The van der Waals surface area contributed by atoms with E-state index in [1.807, 2.05) is 31.2 Å². The van der Waals surface area contributed by atoms with Gasteiger partial charge in [-0.25, -0.2) is 0 Å². The van der Waals surface area contributed by atoms with Crippen molar-refractivity contribution < 1.29 is 10.0 Å². The van der Waals surface area contributed by atoms with Crippen LogP contribution in [0.15, 0.2) is 42.5 Å². The Morgan fingerprint density at radius 3 is 2.60 bits per heavy atom. The number of aryl methyl sites for hydroxylation is 1. The van der Waals surface area contributed by atoms with E-state index in [4.69, 9.17) is 5.11 Å². The molecule has 0 aromatic heterocycles. The maximum Gasteiger partial charge on any atom is 0.293 e. The van der Waals surface area contributed by atoms with Crippen LogP contribution in [0.25, 0.3) is 0 Å². The molecule has 0 saturated heterocycles. The third kappa shape index (κ3) is 2.78.